The van der Waals surface area contributed by atoms with Crippen LogP contribution in [0.3, 0.4) is 0 Å². The van der Waals surface area contributed by atoms with E-state index in [1.165, 1.54) is 25.7 Å². The van der Waals surface area contributed by atoms with Gasteiger partial charge in [0.05, 0.1) is 6.10 Å². The number of rotatable bonds is 4. The number of halogens is 1. The van der Waals surface area contributed by atoms with E-state index in [0.717, 1.165) is 18.3 Å². The quantitative estimate of drug-likeness (QED) is 0.771. The summed E-state index contributed by atoms with van der Waals surface area (Å²) in [5, 5.41) is 10.8. The molecule has 0 aliphatic heterocycles. The van der Waals surface area contributed by atoms with E-state index < -0.39 is 0 Å². The van der Waals surface area contributed by atoms with Crippen LogP contribution in [0.25, 0.3) is 0 Å². The van der Waals surface area contributed by atoms with E-state index >= 15 is 0 Å². The van der Waals surface area contributed by atoms with Gasteiger partial charge in [-0.25, -0.2) is 0 Å². The highest BCUT2D eigenvalue weighted by Gasteiger charge is 2.25. The Balaban J connectivity index is 2.30. The molecule has 0 spiro atoms. The molecule has 2 atom stereocenters. The summed E-state index contributed by atoms with van der Waals surface area (Å²) >= 11 is 3.43. The second-order valence-corrected chi connectivity index (χ2v) is 4.74. The molecule has 3 heteroatoms. The van der Waals surface area contributed by atoms with Gasteiger partial charge < -0.3 is 10.0 Å². The van der Waals surface area contributed by atoms with E-state index in [4.69, 9.17) is 0 Å². The number of hydrogen-bond donors (Lipinski definition) is 1. The van der Waals surface area contributed by atoms with Crippen molar-refractivity contribution < 1.29 is 5.11 Å². The average molecular weight is 250 g/mol. The molecule has 0 aromatic carbocycles. The minimum absolute atomic E-state index is 0.0888. The lowest BCUT2D eigenvalue weighted by atomic mass is 9.91. The molecule has 2 unspecified atom stereocenters. The Morgan fingerprint density at radius 1 is 1.38 bits per heavy atom. The molecule has 13 heavy (non-hydrogen) atoms. The van der Waals surface area contributed by atoms with E-state index in [-0.39, 0.29) is 6.10 Å². The second kappa shape index (κ2) is 5.99. The zero-order chi connectivity index (χ0) is 9.68. The molecule has 0 amide bonds. The summed E-state index contributed by atoms with van der Waals surface area (Å²) in [5.74, 6) is 0. The van der Waals surface area contributed by atoms with Gasteiger partial charge in [0.15, 0.2) is 0 Å². The van der Waals surface area contributed by atoms with Crippen LogP contribution in [0.1, 0.15) is 32.1 Å². The largest absolute Gasteiger partial charge is 0.391 e. The first-order chi connectivity index (χ1) is 6.25. The van der Waals surface area contributed by atoms with Crippen LogP contribution in [0.2, 0.25) is 0 Å². The summed E-state index contributed by atoms with van der Waals surface area (Å²) in [4.78, 5) is 2.31. The topological polar surface area (TPSA) is 23.5 Å². The first-order valence-electron chi connectivity index (χ1n) is 5.20. The summed E-state index contributed by atoms with van der Waals surface area (Å²) in [7, 11) is 2.13. The highest BCUT2D eigenvalue weighted by molar-refractivity contribution is 9.09. The monoisotopic (exact) mass is 249 g/mol. The van der Waals surface area contributed by atoms with Gasteiger partial charge in [-0.1, -0.05) is 28.8 Å². The molecule has 0 aromatic heterocycles. The van der Waals surface area contributed by atoms with E-state index in [1.807, 2.05) is 0 Å². The third kappa shape index (κ3) is 3.56. The van der Waals surface area contributed by atoms with Gasteiger partial charge in [0.2, 0.25) is 0 Å². The summed E-state index contributed by atoms with van der Waals surface area (Å²) in [6.07, 6.45) is 5.71. The molecule has 1 N–H and O–H groups in total. The number of aliphatic hydroxyl groups excluding tert-OH is 1. The number of nitrogens with zero attached hydrogens (tertiary/aromatic N) is 1. The van der Waals surface area contributed by atoms with Crippen molar-refractivity contribution in [1.82, 2.24) is 4.90 Å². The number of hydrogen-bond acceptors (Lipinski definition) is 2. The Morgan fingerprint density at radius 2 is 2.08 bits per heavy atom. The van der Waals surface area contributed by atoms with Crippen LogP contribution in [0, 0.1) is 0 Å². The van der Waals surface area contributed by atoms with Crippen molar-refractivity contribution in [2.24, 2.45) is 0 Å². The van der Waals surface area contributed by atoms with Gasteiger partial charge >= 0.3 is 0 Å². The number of likely N-dealkylation sites (N-methyl/N-ethyl adjacent to an activating group) is 1. The molecule has 0 bridgehead atoms. The molecule has 1 aliphatic rings. The van der Waals surface area contributed by atoms with E-state index in [2.05, 4.69) is 27.9 Å². The fourth-order valence-electron chi connectivity index (χ4n) is 2.08. The second-order valence-electron chi connectivity index (χ2n) is 3.94. The summed E-state index contributed by atoms with van der Waals surface area (Å²) in [6.45, 7) is 1.09. The van der Waals surface area contributed by atoms with Gasteiger partial charge in [-0.05, 0) is 32.9 Å². The third-order valence-electron chi connectivity index (χ3n) is 2.90. The Bertz CT molecular complexity index is 143. The van der Waals surface area contributed by atoms with Crippen LogP contribution in [0.15, 0.2) is 0 Å². The molecule has 0 radical (unpaired) electrons. The van der Waals surface area contributed by atoms with Crippen LogP contribution in [-0.2, 0) is 0 Å². The van der Waals surface area contributed by atoms with Gasteiger partial charge in [0, 0.05) is 11.4 Å². The molecule has 2 nitrogen and oxygen atoms in total. The molecule has 0 heterocycles. The van der Waals surface area contributed by atoms with Crippen molar-refractivity contribution in [2.45, 2.75) is 44.2 Å². The maximum atomic E-state index is 9.79. The van der Waals surface area contributed by atoms with Crippen molar-refractivity contribution in [3.05, 3.63) is 0 Å². The molecular formula is C10H20BrNO. The SMILES string of the molecule is CN(CCCBr)C1CCCCC1O. The van der Waals surface area contributed by atoms with Gasteiger partial charge in [0.25, 0.3) is 0 Å². The van der Waals surface area contributed by atoms with E-state index in [1.54, 1.807) is 0 Å². The molecule has 0 saturated heterocycles. The standard InChI is InChI=1S/C10H20BrNO/c1-12(8-4-7-11)9-5-2-3-6-10(9)13/h9-10,13H,2-8H2,1H3. The zero-order valence-electron chi connectivity index (χ0n) is 8.38. The van der Waals surface area contributed by atoms with Crippen LogP contribution >= 0.6 is 15.9 Å². The van der Waals surface area contributed by atoms with Crippen LogP contribution < -0.4 is 0 Å². The lowest BCUT2D eigenvalue weighted by Gasteiger charge is -2.35. The van der Waals surface area contributed by atoms with E-state index in [0.29, 0.717) is 6.04 Å². The fraction of sp³-hybridized carbons (Fsp3) is 1.00. The number of aliphatic hydroxyl groups is 1. The summed E-state index contributed by atoms with van der Waals surface area (Å²) in [5.41, 5.74) is 0. The highest BCUT2D eigenvalue weighted by Crippen LogP contribution is 2.22. The van der Waals surface area contributed by atoms with Gasteiger partial charge in [-0.15, -0.1) is 0 Å². The minimum Gasteiger partial charge on any atom is -0.391 e. The van der Waals surface area contributed by atoms with Crippen LogP contribution in [0.5, 0.6) is 0 Å². The average Bonchev–Trinajstić information content (AvgIpc) is 2.15. The zero-order valence-corrected chi connectivity index (χ0v) is 9.96. The lowest BCUT2D eigenvalue weighted by Crippen LogP contribution is -2.43. The highest BCUT2D eigenvalue weighted by atomic mass is 79.9. The lowest BCUT2D eigenvalue weighted by molar-refractivity contribution is 0.0325. The van der Waals surface area contributed by atoms with Crippen molar-refractivity contribution >= 4 is 15.9 Å². The van der Waals surface area contributed by atoms with Gasteiger partial charge in [0.1, 0.15) is 0 Å². The first kappa shape index (κ1) is 11.5. The Morgan fingerprint density at radius 3 is 2.69 bits per heavy atom. The molecule has 1 fully saturated rings. The van der Waals surface area contributed by atoms with Crippen molar-refractivity contribution in [3.63, 3.8) is 0 Å². The van der Waals surface area contributed by atoms with Crippen molar-refractivity contribution in [1.29, 1.82) is 0 Å². The van der Waals surface area contributed by atoms with E-state index in [9.17, 15) is 5.11 Å². The molecule has 1 rings (SSSR count). The molecule has 78 valence electrons. The van der Waals surface area contributed by atoms with Crippen molar-refractivity contribution in [3.8, 4) is 0 Å². The third-order valence-corrected chi connectivity index (χ3v) is 3.47. The molecule has 1 aliphatic carbocycles. The molecule has 0 aromatic rings. The molecular weight excluding hydrogens is 230 g/mol. The Labute approximate surface area is 89.4 Å². The fourth-order valence-corrected chi connectivity index (χ4v) is 2.33. The van der Waals surface area contributed by atoms with Crippen LogP contribution in [-0.4, -0.2) is 41.1 Å². The predicted molar refractivity (Wildman–Crippen MR) is 59.3 cm³/mol. The normalized spacial score (nSPS) is 29.5. The summed E-state index contributed by atoms with van der Waals surface area (Å²) in [6, 6.07) is 0.410. The van der Waals surface area contributed by atoms with Crippen molar-refractivity contribution in [2.75, 3.05) is 18.9 Å². The van der Waals surface area contributed by atoms with Gasteiger partial charge in [-0.2, -0.15) is 0 Å². The maximum absolute atomic E-state index is 9.79. The maximum Gasteiger partial charge on any atom is 0.0695 e. The minimum atomic E-state index is -0.0888. The summed E-state index contributed by atoms with van der Waals surface area (Å²) < 4.78 is 0. The smallest absolute Gasteiger partial charge is 0.0695 e. The van der Waals surface area contributed by atoms with Gasteiger partial charge in [-0.3, -0.25) is 0 Å². The predicted octanol–water partition coefficient (Wildman–Crippen LogP) is 2.01. The number of alkyl halides is 1. The van der Waals surface area contributed by atoms with Crippen LogP contribution in [0.4, 0.5) is 0 Å². The Kier molecular flexibility index (Phi) is 5.29. The first-order valence-corrected chi connectivity index (χ1v) is 6.32. The molecule has 1 saturated carbocycles. The Hall–Kier alpha value is 0.400.